The molecule has 1 aromatic carbocycles. The summed E-state index contributed by atoms with van der Waals surface area (Å²) in [5.74, 6) is -0.231. The van der Waals surface area contributed by atoms with E-state index in [2.05, 4.69) is 15.8 Å². The second-order valence-corrected chi connectivity index (χ2v) is 6.99. The Morgan fingerprint density at radius 1 is 1.46 bits per heavy atom. The maximum Gasteiger partial charge on any atom is 0.227 e. The molecule has 1 fully saturated rings. The largest absolute Gasteiger partial charge is 0.392 e. The van der Waals surface area contributed by atoms with Crippen LogP contribution in [0.2, 0.25) is 0 Å². The van der Waals surface area contributed by atoms with Gasteiger partial charge in [0.2, 0.25) is 5.91 Å². The number of carbonyl (C=O) groups is 1. The number of piperidine rings is 1. The van der Waals surface area contributed by atoms with Crippen molar-refractivity contribution in [1.82, 2.24) is 10.6 Å². The van der Waals surface area contributed by atoms with Crippen LogP contribution in [0.5, 0.6) is 0 Å². The number of oxime groups is 1. The predicted molar refractivity (Wildman–Crippen MR) is 96.5 cm³/mol. The molecule has 26 heavy (non-hydrogen) atoms. The van der Waals surface area contributed by atoms with Crippen molar-refractivity contribution in [3.8, 4) is 0 Å². The molecule has 2 N–H and O–H groups in total. The van der Waals surface area contributed by atoms with E-state index in [1.807, 2.05) is 0 Å². The van der Waals surface area contributed by atoms with Crippen molar-refractivity contribution in [2.75, 3.05) is 33.4 Å². The van der Waals surface area contributed by atoms with E-state index in [0.717, 1.165) is 30.7 Å². The van der Waals surface area contributed by atoms with E-state index in [0.29, 0.717) is 32.5 Å². The molecule has 7 heteroatoms. The maximum absolute atomic E-state index is 13.1. The molecule has 0 unspecified atom stereocenters. The third-order valence-corrected chi connectivity index (χ3v) is 5.07. The normalized spacial score (nSPS) is 25.5. The summed E-state index contributed by atoms with van der Waals surface area (Å²) in [5.41, 5.74) is 1.16. The third-order valence-electron chi connectivity index (χ3n) is 5.07. The Labute approximate surface area is 153 Å². The molecule has 1 aromatic rings. The van der Waals surface area contributed by atoms with Gasteiger partial charge in [-0.2, -0.15) is 0 Å². The van der Waals surface area contributed by atoms with Crippen LogP contribution in [-0.2, 0) is 14.4 Å². The Bertz CT molecular complexity index is 642. The quantitative estimate of drug-likeness (QED) is 0.725. The highest BCUT2D eigenvalue weighted by atomic mass is 19.1. The van der Waals surface area contributed by atoms with Crippen LogP contribution in [0.15, 0.2) is 29.4 Å². The molecule has 0 aromatic heterocycles. The molecule has 2 heterocycles. The fourth-order valence-corrected chi connectivity index (χ4v) is 3.67. The summed E-state index contributed by atoms with van der Waals surface area (Å²) < 4.78 is 18.1. The third kappa shape index (κ3) is 4.40. The zero-order chi connectivity index (χ0) is 18.4. The number of ether oxygens (including phenoxy) is 1. The minimum atomic E-state index is -0.496. The fraction of sp³-hybridized carbons (Fsp3) is 0.579. The minimum absolute atomic E-state index is 0.0422. The Kier molecular flexibility index (Phi) is 6.21. The lowest BCUT2D eigenvalue weighted by Crippen LogP contribution is -2.52. The highest BCUT2D eigenvalue weighted by Gasteiger charge is 2.43. The second-order valence-electron chi connectivity index (χ2n) is 6.99. The molecular weight excluding hydrogens is 337 g/mol. The Balaban J connectivity index is 1.63. The Morgan fingerprint density at radius 2 is 2.27 bits per heavy atom. The molecule has 0 bridgehead atoms. The van der Waals surface area contributed by atoms with Crippen molar-refractivity contribution in [3.05, 3.63) is 35.6 Å². The molecule has 142 valence electrons. The average Bonchev–Trinajstić information content (AvgIpc) is 3.11. The lowest BCUT2D eigenvalue weighted by molar-refractivity contribution is -0.134. The van der Waals surface area contributed by atoms with Gasteiger partial charge in [-0.25, -0.2) is 4.39 Å². The van der Waals surface area contributed by atoms with Gasteiger partial charge in [0.25, 0.3) is 0 Å². The van der Waals surface area contributed by atoms with Crippen molar-refractivity contribution >= 4 is 11.6 Å². The number of hydrogen-bond donors (Lipinski definition) is 2. The standard InChI is InChI=1S/C19H26FN3O3/c1-25-10-9-22-18(24)19(7-2-8-21-13-19)12-16-11-17(23-26-16)14-3-5-15(20)6-4-14/h3-6,16,21H,2,7-13H2,1H3,(H,22,24)/t16-,19+/m1/s1. The first kappa shape index (κ1) is 18.8. The second kappa shape index (κ2) is 8.60. The lowest BCUT2D eigenvalue weighted by atomic mass is 9.74. The summed E-state index contributed by atoms with van der Waals surface area (Å²) in [7, 11) is 1.62. The van der Waals surface area contributed by atoms with E-state index in [4.69, 9.17) is 9.57 Å². The number of halogens is 1. The van der Waals surface area contributed by atoms with Crippen LogP contribution in [0.3, 0.4) is 0 Å². The van der Waals surface area contributed by atoms with E-state index in [9.17, 15) is 9.18 Å². The van der Waals surface area contributed by atoms with Crippen LogP contribution in [0.1, 0.15) is 31.2 Å². The summed E-state index contributed by atoms with van der Waals surface area (Å²) in [6, 6.07) is 6.24. The molecule has 0 spiro atoms. The van der Waals surface area contributed by atoms with Gasteiger partial charge in [0.15, 0.2) is 0 Å². The van der Waals surface area contributed by atoms with E-state index in [-0.39, 0.29) is 17.8 Å². The number of nitrogens with zero attached hydrogens (tertiary/aromatic N) is 1. The number of hydrogen-bond acceptors (Lipinski definition) is 5. The molecule has 0 aliphatic carbocycles. The summed E-state index contributed by atoms with van der Waals surface area (Å²) in [4.78, 5) is 18.4. The van der Waals surface area contributed by atoms with E-state index in [1.54, 1.807) is 19.2 Å². The van der Waals surface area contributed by atoms with Crippen LogP contribution >= 0.6 is 0 Å². The molecule has 0 radical (unpaired) electrons. The SMILES string of the molecule is COCCNC(=O)[C@]1(C[C@H]2CC(c3ccc(F)cc3)=NO2)CCCNC1. The van der Waals surface area contributed by atoms with Gasteiger partial charge in [-0.05, 0) is 37.1 Å². The van der Waals surface area contributed by atoms with Gasteiger partial charge in [-0.3, -0.25) is 4.79 Å². The molecule has 0 saturated carbocycles. The number of rotatable bonds is 7. The number of nitrogens with one attached hydrogen (secondary N) is 2. The molecule has 6 nitrogen and oxygen atoms in total. The predicted octanol–water partition coefficient (Wildman–Crippen LogP) is 1.84. The smallest absolute Gasteiger partial charge is 0.227 e. The summed E-state index contributed by atoms with van der Waals surface area (Å²) in [5, 5.41) is 10.5. The van der Waals surface area contributed by atoms with E-state index in [1.165, 1.54) is 12.1 Å². The summed E-state index contributed by atoms with van der Waals surface area (Å²) in [6.07, 6.45) is 2.86. The lowest BCUT2D eigenvalue weighted by Gasteiger charge is -2.37. The van der Waals surface area contributed by atoms with Gasteiger partial charge in [-0.15, -0.1) is 0 Å². The number of carbonyl (C=O) groups excluding carboxylic acids is 1. The molecule has 2 aliphatic heterocycles. The number of amides is 1. The zero-order valence-electron chi connectivity index (χ0n) is 15.1. The molecular formula is C19H26FN3O3. The van der Waals surface area contributed by atoms with Gasteiger partial charge < -0.3 is 20.2 Å². The monoisotopic (exact) mass is 363 g/mol. The molecule has 1 amide bonds. The van der Waals surface area contributed by atoms with Crippen molar-refractivity contribution in [2.45, 2.75) is 31.8 Å². The van der Waals surface area contributed by atoms with Gasteiger partial charge >= 0.3 is 0 Å². The van der Waals surface area contributed by atoms with Crippen LogP contribution in [0.25, 0.3) is 0 Å². The number of methoxy groups -OCH3 is 1. The first-order chi connectivity index (χ1) is 12.6. The van der Waals surface area contributed by atoms with Gasteiger partial charge in [0.05, 0.1) is 17.7 Å². The molecule has 2 atom stereocenters. The minimum Gasteiger partial charge on any atom is -0.392 e. The molecule has 3 rings (SSSR count). The highest BCUT2D eigenvalue weighted by molar-refractivity contribution is 6.01. The van der Waals surface area contributed by atoms with Crippen LogP contribution < -0.4 is 10.6 Å². The Morgan fingerprint density at radius 3 is 2.96 bits per heavy atom. The van der Waals surface area contributed by atoms with Crippen molar-refractivity contribution < 1.29 is 18.8 Å². The topological polar surface area (TPSA) is 72.0 Å². The molecule has 1 saturated heterocycles. The zero-order valence-corrected chi connectivity index (χ0v) is 15.1. The van der Waals surface area contributed by atoms with Crippen LogP contribution in [0.4, 0.5) is 4.39 Å². The van der Waals surface area contributed by atoms with Gasteiger partial charge in [-0.1, -0.05) is 17.3 Å². The van der Waals surface area contributed by atoms with Crippen LogP contribution in [0, 0.1) is 11.2 Å². The van der Waals surface area contributed by atoms with Gasteiger partial charge in [0, 0.05) is 33.0 Å². The van der Waals surface area contributed by atoms with Crippen molar-refractivity contribution in [1.29, 1.82) is 0 Å². The first-order valence-corrected chi connectivity index (χ1v) is 9.09. The van der Waals surface area contributed by atoms with E-state index >= 15 is 0 Å². The van der Waals surface area contributed by atoms with Crippen molar-refractivity contribution in [3.63, 3.8) is 0 Å². The van der Waals surface area contributed by atoms with Crippen LogP contribution in [-0.4, -0.2) is 51.1 Å². The Hall–Kier alpha value is -1.99. The maximum atomic E-state index is 13.1. The van der Waals surface area contributed by atoms with Gasteiger partial charge in [0.1, 0.15) is 11.9 Å². The average molecular weight is 363 g/mol. The highest BCUT2D eigenvalue weighted by Crippen LogP contribution is 2.35. The van der Waals surface area contributed by atoms with Crippen molar-refractivity contribution in [2.24, 2.45) is 10.6 Å². The summed E-state index contributed by atoms with van der Waals surface area (Å²) >= 11 is 0. The molecule has 2 aliphatic rings. The van der Waals surface area contributed by atoms with E-state index < -0.39 is 5.41 Å². The fourth-order valence-electron chi connectivity index (χ4n) is 3.67. The first-order valence-electron chi connectivity index (χ1n) is 9.09. The number of benzene rings is 1. The summed E-state index contributed by atoms with van der Waals surface area (Å²) in [6.45, 7) is 2.56.